The van der Waals surface area contributed by atoms with Crippen LogP contribution in [0.15, 0.2) is 53.4 Å². The molecule has 0 amide bonds. The predicted octanol–water partition coefficient (Wildman–Crippen LogP) is 2.79. The summed E-state index contributed by atoms with van der Waals surface area (Å²) in [5.74, 6) is 0. The highest BCUT2D eigenvalue weighted by atomic mass is 32.2. The van der Waals surface area contributed by atoms with E-state index in [-0.39, 0.29) is 4.90 Å². The fourth-order valence-electron chi connectivity index (χ4n) is 2.08. The number of nitrogen functional groups attached to an aromatic ring is 1. The number of sulfonamides is 1. The van der Waals surface area contributed by atoms with Crippen LogP contribution < -0.4 is 5.73 Å². The smallest absolute Gasteiger partial charge is 0.243 e. The lowest BCUT2D eigenvalue weighted by Crippen LogP contribution is -2.30. The molecule has 2 aromatic rings. The zero-order valence-corrected chi connectivity index (χ0v) is 13.1. The van der Waals surface area contributed by atoms with Gasteiger partial charge in [0.1, 0.15) is 0 Å². The number of benzene rings is 2. The van der Waals surface area contributed by atoms with Gasteiger partial charge in [-0.05, 0) is 30.2 Å². The summed E-state index contributed by atoms with van der Waals surface area (Å²) >= 11 is 0. The first-order valence-corrected chi connectivity index (χ1v) is 8.29. The Bertz CT molecular complexity index is 712. The molecule has 0 heterocycles. The molecule has 112 valence electrons. The molecular weight excluding hydrogens is 284 g/mol. The Hall–Kier alpha value is -1.85. The molecule has 0 aliphatic heterocycles. The van der Waals surface area contributed by atoms with E-state index in [9.17, 15) is 8.42 Å². The van der Waals surface area contributed by atoms with Crippen molar-refractivity contribution in [3.8, 4) is 0 Å². The molecule has 2 aromatic carbocycles. The highest BCUT2D eigenvalue weighted by Gasteiger charge is 2.23. The number of anilines is 1. The summed E-state index contributed by atoms with van der Waals surface area (Å²) in [7, 11) is -3.54. The number of hydrogen-bond acceptors (Lipinski definition) is 3. The normalized spacial score (nSPS) is 11.8. The monoisotopic (exact) mass is 304 g/mol. The van der Waals surface area contributed by atoms with Gasteiger partial charge >= 0.3 is 0 Å². The maximum Gasteiger partial charge on any atom is 0.243 e. The summed E-state index contributed by atoms with van der Waals surface area (Å²) in [5, 5.41) is 0. The minimum atomic E-state index is -3.54. The minimum Gasteiger partial charge on any atom is -0.398 e. The molecule has 2 N–H and O–H groups in total. The van der Waals surface area contributed by atoms with Crippen molar-refractivity contribution < 1.29 is 8.42 Å². The third-order valence-electron chi connectivity index (χ3n) is 3.44. The van der Waals surface area contributed by atoms with Gasteiger partial charge in [-0.3, -0.25) is 0 Å². The molecule has 0 radical (unpaired) electrons. The molecule has 4 nitrogen and oxygen atoms in total. The summed E-state index contributed by atoms with van der Waals surface area (Å²) < 4.78 is 26.9. The quantitative estimate of drug-likeness (QED) is 0.864. The fourth-order valence-corrected chi connectivity index (χ4v) is 3.55. The van der Waals surface area contributed by atoms with Crippen LogP contribution in [-0.4, -0.2) is 19.3 Å². The first-order chi connectivity index (χ1) is 9.95. The molecule has 0 aliphatic carbocycles. The molecular formula is C16H20N2O2S. The molecule has 0 saturated heterocycles. The Kier molecular flexibility index (Phi) is 4.65. The second-order valence-electron chi connectivity index (χ2n) is 4.94. The van der Waals surface area contributed by atoms with E-state index in [0.717, 1.165) is 11.1 Å². The van der Waals surface area contributed by atoms with Crippen LogP contribution in [0.3, 0.4) is 0 Å². The van der Waals surface area contributed by atoms with Crippen molar-refractivity contribution >= 4 is 15.7 Å². The topological polar surface area (TPSA) is 63.4 Å². The lowest BCUT2D eigenvalue weighted by Gasteiger charge is -2.21. The van der Waals surface area contributed by atoms with Crippen molar-refractivity contribution in [1.29, 1.82) is 0 Å². The number of aryl methyl sites for hydroxylation is 1. The summed E-state index contributed by atoms with van der Waals surface area (Å²) in [6.45, 7) is 4.45. The number of rotatable bonds is 5. The number of nitrogens with two attached hydrogens (primary N) is 1. The molecule has 5 heteroatoms. The largest absolute Gasteiger partial charge is 0.398 e. The number of hydrogen-bond donors (Lipinski definition) is 1. The van der Waals surface area contributed by atoms with Gasteiger partial charge in [0.05, 0.1) is 4.90 Å². The molecule has 0 fully saturated rings. The van der Waals surface area contributed by atoms with Crippen LogP contribution >= 0.6 is 0 Å². The van der Waals surface area contributed by atoms with Crippen LogP contribution in [0.5, 0.6) is 0 Å². The summed E-state index contributed by atoms with van der Waals surface area (Å²) in [6, 6.07) is 14.4. The van der Waals surface area contributed by atoms with E-state index in [0.29, 0.717) is 18.8 Å². The Morgan fingerprint density at radius 3 is 2.33 bits per heavy atom. The van der Waals surface area contributed by atoms with Gasteiger partial charge in [0.2, 0.25) is 10.0 Å². The van der Waals surface area contributed by atoms with Gasteiger partial charge in [-0.1, -0.05) is 43.3 Å². The Morgan fingerprint density at radius 2 is 1.76 bits per heavy atom. The van der Waals surface area contributed by atoms with Gasteiger partial charge in [0, 0.05) is 18.8 Å². The van der Waals surface area contributed by atoms with Gasteiger partial charge < -0.3 is 5.73 Å². The first-order valence-electron chi connectivity index (χ1n) is 6.85. The van der Waals surface area contributed by atoms with Crippen molar-refractivity contribution in [2.24, 2.45) is 0 Å². The van der Waals surface area contributed by atoms with E-state index in [1.807, 2.05) is 44.2 Å². The zero-order valence-electron chi connectivity index (χ0n) is 12.3. The third kappa shape index (κ3) is 3.43. The van der Waals surface area contributed by atoms with Crippen molar-refractivity contribution in [2.45, 2.75) is 25.3 Å². The molecule has 0 unspecified atom stereocenters. The molecule has 0 spiro atoms. The van der Waals surface area contributed by atoms with E-state index in [1.165, 1.54) is 10.4 Å². The SMILES string of the molecule is CCN(Cc1ccccc1)S(=O)(=O)c1ccc(C)c(N)c1. The molecule has 0 saturated carbocycles. The van der Waals surface area contributed by atoms with Gasteiger partial charge in [0.25, 0.3) is 0 Å². The van der Waals surface area contributed by atoms with Crippen molar-refractivity contribution in [1.82, 2.24) is 4.31 Å². The van der Waals surface area contributed by atoms with Crippen molar-refractivity contribution in [3.63, 3.8) is 0 Å². The average molecular weight is 304 g/mol. The lowest BCUT2D eigenvalue weighted by molar-refractivity contribution is 0.423. The van der Waals surface area contributed by atoms with Crippen LogP contribution in [0.25, 0.3) is 0 Å². The van der Waals surface area contributed by atoms with E-state index < -0.39 is 10.0 Å². The summed E-state index contributed by atoms with van der Waals surface area (Å²) in [4.78, 5) is 0.239. The van der Waals surface area contributed by atoms with Gasteiger partial charge in [-0.25, -0.2) is 8.42 Å². The highest BCUT2D eigenvalue weighted by Crippen LogP contribution is 2.22. The maximum atomic E-state index is 12.7. The average Bonchev–Trinajstić information content (AvgIpc) is 2.48. The van der Waals surface area contributed by atoms with Gasteiger partial charge in [-0.2, -0.15) is 4.31 Å². The van der Waals surface area contributed by atoms with Crippen LogP contribution in [-0.2, 0) is 16.6 Å². The van der Waals surface area contributed by atoms with Crippen LogP contribution in [0.2, 0.25) is 0 Å². The van der Waals surface area contributed by atoms with E-state index in [4.69, 9.17) is 5.73 Å². The van der Waals surface area contributed by atoms with Crippen molar-refractivity contribution in [3.05, 3.63) is 59.7 Å². The fraction of sp³-hybridized carbons (Fsp3) is 0.250. The first kappa shape index (κ1) is 15.5. The van der Waals surface area contributed by atoms with E-state index in [1.54, 1.807) is 12.1 Å². The molecule has 2 rings (SSSR count). The Morgan fingerprint density at radius 1 is 1.10 bits per heavy atom. The van der Waals surface area contributed by atoms with E-state index >= 15 is 0 Å². The molecule has 21 heavy (non-hydrogen) atoms. The second-order valence-corrected chi connectivity index (χ2v) is 6.87. The molecule has 0 aromatic heterocycles. The molecule has 0 bridgehead atoms. The van der Waals surface area contributed by atoms with Gasteiger partial charge in [-0.15, -0.1) is 0 Å². The van der Waals surface area contributed by atoms with Crippen LogP contribution in [0.4, 0.5) is 5.69 Å². The van der Waals surface area contributed by atoms with E-state index in [2.05, 4.69) is 0 Å². The zero-order chi connectivity index (χ0) is 15.5. The molecule has 0 aliphatic rings. The van der Waals surface area contributed by atoms with Crippen LogP contribution in [0.1, 0.15) is 18.1 Å². The highest BCUT2D eigenvalue weighted by molar-refractivity contribution is 7.89. The summed E-state index contributed by atoms with van der Waals surface area (Å²) in [6.07, 6.45) is 0. The maximum absolute atomic E-state index is 12.7. The predicted molar refractivity (Wildman–Crippen MR) is 85.3 cm³/mol. The standard InChI is InChI=1S/C16H20N2O2S/c1-3-18(12-14-7-5-4-6-8-14)21(19,20)15-10-9-13(2)16(17)11-15/h4-11H,3,12,17H2,1-2H3. The van der Waals surface area contributed by atoms with Gasteiger partial charge in [0.15, 0.2) is 0 Å². The third-order valence-corrected chi connectivity index (χ3v) is 5.36. The Balaban J connectivity index is 2.33. The Labute approximate surface area is 126 Å². The van der Waals surface area contributed by atoms with Crippen molar-refractivity contribution in [2.75, 3.05) is 12.3 Å². The molecule has 0 atom stereocenters. The van der Waals surface area contributed by atoms with Crippen LogP contribution in [0, 0.1) is 6.92 Å². The second kappa shape index (κ2) is 6.28. The summed E-state index contributed by atoms with van der Waals surface area (Å²) in [5.41, 5.74) is 8.16. The number of nitrogens with zero attached hydrogens (tertiary/aromatic N) is 1. The minimum absolute atomic E-state index is 0.239. The lowest BCUT2D eigenvalue weighted by atomic mass is 10.2.